The summed E-state index contributed by atoms with van der Waals surface area (Å²) in [4.78, 5) is 12.9. The third-order valence-corrected chi connectivity index (χ3v) is 6.05. The second kappa shape index (κ2) is 11.5. The van der Waals surface area contributed by atoms with Crippen LogP contribution in [0.3, 0.4) is 0 Å². The number of rotatable bonds is 11. The molecule has 11 heteroatoms. The van der Waals surface area contributed by atoms with E-state index in [0.717, 1.165) is 0 Å². The molecule has 0 atom stereocenters. The largest absolute Gasteiger partial charge is 0.493 e. The van der Waals surface area contributed by atoms with Crippen molar-refractivity contribution in [3.05, 3.63) is 84.7 Å². The zero-order valence-electron chi connectivity index (χ0n) is 19.4. The number of nitrogens with one attached hydrogen (secondary N) is 1. The van der Waals surface area contributed by atoms with Crippen LogP contribution in [0.2, 0.25) is 0 Å². The Balaban J connectivity index is 1.83. The van der Waals surface area contributed by atoms with Crippen molar-refractivity contribution in [2.75, 3.05) is 25.0 Å². The van der Waals surface area contributed by atoms with Crippen LogP contribution in [0.15, 0.2) is 79.1 Å². The van der Waals surface area contributed by atoms with Gasteiger partial charge < -0.3 is 19.3 Å². The van der Waals surface area contributed by atoms with Crippen LogP contribution in [0, 0.1) is 0 Å². The molecule has 2 N–H and O–H groups in total. The topological polar surface area (TPSA) is 133 Å². The number of hydrogen-bond acceptors (Lipinski definition) is 9. The molecular weight excluding hydrogens is 484 g/mol. The van der Waals surface area contributed by atoms with Crippen LogP contribution >= 0.6 is 0 Å². The van der Waals surface area contributed by atoms with E-state index in [1.807, 2.05) is 0 Å². The van der Waals surface area contributed by atoms with Gasteiger partial charge in [0.05, 0.1) is 19.5 Å². The van der Waals surface area contributed by atoms with Gasteiger partial charge in [-0.3, -0.25) is 9.71 Å². The van der Waals surface area contributed by atoms with Gasteiger partial charge in [-0.1, -0.05) is 42.5 Å². The van der Waals surface area contributed by atoms with Crippen molar-refractivity contribution in [1.82, 2.24) is 15.0 Å². The average molecular weight is 509 g/mol. The highest BCUT2D eigenvalue weighted by Gasteiger charge is 2.24. The lowest BCUT2D eigenvalue weighted by atomic mass is 10.2. The monoisotopic (exact) mass is 508 g/mol. The number of methoxy groups -OCH3 is 1. The summed E-state index contributed by atoms with van der Waals surface area (Å²) in [6, 6.07) is 18.9. The molecule has 10 nitrogen and oxygen atoms in total. The van der Waals surface area contributed by atoms with Gasteiger partial charge in [0.15, 0.2) is 23.1 Å². The van der Waals surface area contributed by atoms with Gasteiger partial charge >= 0.3 is 0 Å². The molecule has 0 aliphatic heterocycles. The molecule has 2 heterocycles. The number of pyridine rings is 1. The number of aromatic nitrogens is 3. The maximum atomic E-state index is 13.1. The highest BCUT2D eigenvalue weighted by molar-refractivity contribution is 7.91. The third kappa shape index (κ3) is 6.26. The number of benzene rings is 2. The van der Waals surface area contributed by atoms with Gasteiger partial charge in [0, 0.05) is 18.0 Å². The van der Waals surface area contributed by atoms with Gasteiger partial charge in [-0.15, -0.1) is 0 Å². The Bertz CT molecular complexity index is 1400. The number of anilines is 1. The first-order valence-corrected chi connectivity index (χ1v) is 12.6. The molecular formula is C25H24N4O6S. The molecule has 0 radical (unpaired) electrons. The van der Waals surface area contributed by atoms with E-state index in [1.54, 1.807) is 79.1 Å². The van der Waals surface area contributed by atoms with Crippen molar-refractivity contribution in [3.8, 4) is 34.5 Å². The molecule has 0 fully saturated rings. The second-order valence-corrected chi connectivity index (χ2v) is 9.16. The lowest BCUT2D eigenvalue weighted by Gasteiger charge is -2.18. The fraction of sp³-hybridized carbons (Fsp3) is 0.160. The predicted octanol–water partition coefficient (Wildman–Crippen LogP) is 3.65. The molecule has 4 aromatic rings. The standard InChI is InChI=1S/C25H24N4O6S/c1-33-20-9-5-6-10-21(20)35-22-24(29-36(31,32)17-18-7-3-2-4-8-18)27-23(19-11-13-26-14-12-19)28-25(22)34-16-15-30/h2-14,30H,15-17H2,1H3,(H,27,28,29). The lowest BCUT2D eigenvalue weighted by molar-refractivity contribution is 0.192. The molecule has 0 spiro atoms. The number of ether oxygens (including phenoxy) is 3. The Morgan fingerprint density at radius 1 is 0.917 bits per heavy atom. The Kier molecular flexibility index (Phi) is 7.93. The minimum Gasteiger partial charge on any atom is -0.493 e. The lowest BCUT2D eigenvalue weighted by Crippen LogP contribution is -2.18. The average Bonchev–Trinajstić information content (AvgIpc) is 2.89. The summed E-state index contributed by atoms with van der Waals surface area (Å²) in [6.07, 6.45) is 3.12. The molecule has 36 heavy (non-hydrogen) atoms. The van der Waals surface area contributed by atoms with E-state index < -0.39 is 10.0 Å². The van der Waals surface area contributed by atoms with Crippen molar-refractivity contribution in [1.29, 1.82) is 0 Å². The first kappa shape index (κ1) is 24.9. The fourth-order valence-electron chi connectivity index (χ4n) is 3.25. The van der Waals surface area contributed by atoms with E-state index in [4.69, 9.17) is 14.2 Å². The molecule has 0 aliphatic carbocycles. The van der Waals surface area contributed by atoms with E-state index in [0.29, 0.717) is 16.9 Å². The van der Waals surface area contributed by atoms with Crippen molar-refractivity contribution in [2.45, 2.75) is 5.75 Å². The van der Waals surface area contributed by atoms with E-state index in [9.17, 15) is 13.5 Å². The summed E-state index contributed by atoms with van der Waals surface area (Å²) >= 11 is 0. The van der Waals surface area contributed by atoms with Gasteiger partial charge in [-0.05, 0) is 29.8 Å². The van der Waals surface area contributed by atoms with Crippen molar-refractivity contribution in [3.63, 3.8) is 0 Å². The molecule has 0 unspecified atom stereocenters. The number of aliphatic hydroxyl groups is 1. The summed E-state index contributed by atoms with van der Waals surface area (Å²) in [5, 5.41) is 9.35. The molecule has 0 amide bonds. The second-order valence-electron chi connectivity index (χ2n) is 7.44. The molecule has 186 valence electrons. The zero-order chi connectivity index (χ0) is 25.4. The first-order chi connectivity index (χ1) is 17.5. The smallest absolute Gasteiger partial charge is 0.263 e. The van der Waals surface area contributed by atoms with E-state index in [1.165, 1.54) is 7.11 Å². The Morgan fingerprint density at radius 2 is 1.61 bits per heavy atom. The number of hydrogen-bond donors (Lipinski definition) is 2. The molecule has 2 aromatic carbocycles. The summed E-state index contributed by atoms with van der Waals surface area (Å²) in [5.41, 5.74) is 1.17. The first-order valence-electron chi connectivity index (χ1n) is 10.9. The van der Waals surface area contributed by atoms with Gasteiger partial charge in [0.2, 0.25) is 15.8 Å². The van der Waals surface area contributed by atoms with Crippen LogP contribution in [-0.4, -0.2) is 48.8 Å². The number of nitrogens with zero attached hydrogens (tertiary/aromatic N) is 3. The summed E-state index contributed by atoms with van der Waals surface area (Å²) < 4.78 is 45.8. The summed E-state index contributed by atoms with van der Waals surface area (Å²) in [6.45, 7) is -0.400. The van der Waals surface area contributed by atoms with Crippen LogP contribution < -0.4 is 18.9 Å². The summed E-state index contributed by atoms with van der Waals surface area (Å²) in [5.74, 6) is 0.307. The van der Waals surface area contributed by atoms with Crippen molar-refractivity contribution >= 4 is 15.8 Å². The van der Waals surface area contributed by atoms with E-state index >= 15 is 0 Å². The molecule has 2 aromatic heterocycles. The number of aliphatic hydroxyl groups excluding tert-OH is 1. The van der Waals surface area contributed by atoms with Crippen LogP contribution in [0.1, 0.15) is 5.56 Å². The van der Waals surface area contributed by atoms with Gasteiger partial charge in [-0.25, -0.2) is 13.4 Å². The van der Waals surface area contributed by atoms with Crippen LogP contribution in [0.4, 0.5) is 5.82 Å². The fourth-order valence-corrected chi connectivity index (χ4v) is 4.39. The number of para-hydroxylation sites is 2. The van der Waals surface area contributed by atoms with E-state index in [2.05, 4.69) is 19.7 Å². The minimum absolute atomic E-state index is 0.0609. The Hall–Kier alpha value is -4.22. The normalized spacial score (nSPS) is 11.1. The van der Waals surface area contributed by atoms with Gasteiger partial charge in [-0.2, -0.15) is 4.98 Å². The predicted molar refractivity (Wildman–Crippen MR) is 134 cm³/mol. The van der Waals surface area contributed by atoms with Gasteiger partial charge in [0.1, 0.15) is 6.61 Å². The van der Waals surface area contributed by atoms with Crippen LogP contribution in [0.5, 0.6) is 23.1 Å². The van der Waals surface area contributed by atoms with Crippen molar-refractivity contribution in [2.24, 2.45) is 0 Å². The maximum Gasteiger partial charge on any atom is 0.263 e. The molecule has 0 saturated carbocycles. The maximum absolute atomic E-state index is 13.1. The molecule has 0 aliphatic rings. The summed E-state index contributed by atoms with van der Waals surface area (Å²) in [7, 11) is -2.44. The minimum atomic E-state index is -3.92. The van der Waals surface area contributed by atoms with Crippen LogP contribution in [-0.2, 0) is 15.8 Å². The third-order valence-electron chi connectivity index (χ3n) is 4.84. The quantitative estimate of drug-likeness (QED) is 0.311. The molecule has 4 rings (SSSR count). The Morgan fingerprint density at radius 3 is 2.31 bits per heavy atom. The van der Waals surface area contributed by atoms with Crippen molar-refractivity contribution < 1.29 is 27.7 Å². The van der Waals surface area contributed by atoms with Crippen LogP contribution in [0.25, 0.3) is 11.4 Å². The van der Waals surface area contributed by atoms with E-state index in [-0.39, 0.29) is 48.0 Å². The zero-order valence-corrected chi connectivity index (χ0v) is 20.2. The molecule has 0 bridgehead atoms. The van der Waals surface area contributed by atoms with Gasteiger partial charge in [0.25, 0.3) is 5.88 Å². The highest BCUT2D eigenvalue weighted by atomic mass is 32.2. The Labute approximate surface area is 208 Å². The SMILES string of the molecule is COc1ccccc1Oc1c(NS(=O)(=O)Cc2ccccc2)nc(-c2ccncc2)nc1OCCO. The number of sulfonamides is 1. The molecule has 0 saturated heterocycles. The highest BCUT2D eigenvalue weighted by Crippen LogP contribution is 2.41.